The first-order chi connectivity index (χ1) is 9.82. The molecule has 0 atom stereocenters. The zero-order valence-electron chi connectivity index (χ0n) is 12.6. The van der Waals surface area contributed by atoms with Crippen LogP contribution in [0.2, 0.25) is 5.02 Å². The molecule has 1 aromatic rings. The molecule has 0 saturated carbocycles. The summed E-state index contributed by atoms with van der Waals surface area (Å²) in [6.45, 7) is 6.76. The summed E-state index contributed by atoms with van der Waals surface area (Å²) < 4.78 is 0. The van der Waals surface area contributed by atoms with Crippen LogP contribution in [-0.4, -0.2) is 11.6 Å². The standard InChI is InChI=1S/C17H18ClNO2/c1-9-15(11(3)20)17(13-6-5-7-14(18)8-13)16(12(4)21)10(2)19-9/h5-8,17,19H,1-4H3. The van der Waals surface area contributed by atoms with Crippen LogP contribution >= 0.6 is 11.6 Å². The second-order valence-corrected chi connectivity index (χ2v) is 5.74. The molecule has 0 aliphatic carbocycles. The highest BCUT2D eigenvalue weighted by molar-refractivity contribution is 6.30. The molecule has 1 aliphatic heterocycles. The minimum Gasteiger partial charge on any atom is -0.362 e. The van der Waals surface area contributed by atoms with Crippen molar-refractivity contribution < 1.29 is 9.59 Å². The lowest BCUT2D eigenvalue weighted by molar-refractivity contribution is -0.114. The van der Waals surface area contributed by atoms with Gasteiger partial charge in [0.15, 0.2) is 11.6 Å². The van der Waals surface area contributed by atoms with Gasteiger partial charge in [-0.2, -0.15) is 0 Å². The largest absolute Gasteiger partial charge is 0.362 e. The second kappa shape index (κ2) is 5.86. The van der Waals surface area contributed by atoms with Crippen LogP contribution in [0.25, 0.3) is 0 Å². The highest BCUT2D eigenvalue weighted by Crippen LogP contribution is 2.39. The summed E-state index contributed by atoms with van der Waals surface area (Å²) >= 11 is 6.07. The summed E-state index contributed by atoms with van der Waals surface area (Å²) in [5, 5.41) is 3.73. The van der Waals surface area contributed by atoms with Gasteiger partial charge in [-0.3, -0.25) is 9.59 Å². The topological polar surface area (TPSA) is 46.2 Å². The molecule has 0 unspecified atom stereocenters. The van der Waals surface area contributed by atoms with Gasteiger partial charge in [-0.25, -0.2) is 0 Å². The van der Waals surface area contributed by atoms with Crippen LogP contribution in [0.1, 0.15) is 39.2 Å². The SMILES string of the molecule is CC(=O)C1=C(C)NC(C)=C(C(C)=O)C1c1cccc(Cl)c1. The van der Waals surface area contributed by atoms with Crippen molar-refractivity contribution in [1.29, 1.82) is 0 Å². The molecule has 1 aromatic carbocycles. The number of benzene rings is 1. The molecule has 0 fully saturated rings. The first-order valence-electron chi connectivity index (χ1n) is 6.78. The van der Waals surface area contributed by atoms with E-state index in [2.05, 4.69) is 5.32 Å². The first-order valence-corrected chi connectivity index (χ1v) is 7.16. The summed E-state index contributed by atoms with van der Waals surface area (Å²) in [5.74, 6) is -0.451. The van der Waals surface area contributed by atoms with Crippen molar-refractivity contribution >= 4 is 23.2 Å². The van der Waals surface area contributed by atoms with E-state index in [0.717, 1.165) is 17.0 Å². The van der Waals surface area contributed by atoms with E-state index in [1.54, 1.807) is 6.07 Å². The van der Waals surface area contributed by atoms with Crippen molar-refractivity contribution in [2.45, 2.75) is 33.6 Å². The Morgan fingerprint density at radius 1 is 1.05 bits per heavy atom. The van der Waals surface area contributed by atoms with Crippen molar-refractivity contribution in [3.63, 3.8) is 0 Å². The van der Waals surface area contributed by atoms with Gasteiger partial charge >= 0.3 is 0 Å². The Morgan fingerprint density at radius 2 is 1.57 bits per heavy atom. The molecule has 0 saturated heterocycles. The van der Waals surface area contributed by atoms with Gasteiger partial charge in [-0.15, -0.1) is 0 Å². The van der Waals surface area contributed by atoms with Crippen LogP contribution in [0.5, 0.6) is 0 Å². The Bertz CT molecular complexity index is 650. The average molecular weight is 304 g/mol. The third-order valence-electron chi connectivity index (χ3n) is 3.70. The maximum Gasteiger partial charge on any atom is 0.158 e. The number of halogens is 1. The van der Waals surface area contributed by atoms with Gasteiger partial charge < -0.3 is 5.32 Å². The number of hydrogen-bond donors (Lipinski definition) is 1. The zero-order chi connectivity index (χ0) is 15.7. The van der Waals surface area contributed by atoms with E-state index >= 15 is 0 Å². The second-order valence-electron chi connectivity index (χ2n) is 5.30. The average Bonchev–Trinajstić information content (AvgIpc) is 2.36. The summed E-state index contributed by atoms with van der Waals surface area (Å²) in [7, 11) is 0. The Hall–Kier alpha value is -1.87. The predicted octanol–water partition coefficient (Wildman–Crippen LogP) is 3.75. The number of allylic oxidation sites excluding steroid dienone is 4. The number of carbonyl (C=O) groups excluding carboxylic acids is 2. The number of hydrogen-bond acceptors (Lipinski definition) is 3. The molecule has 21 heavy (non-hydrogen) atoms. The fourth-order valence-electron chi connectivity index (χ4n) is 2.95. The van der Waals surface area contributed by atoms with E-state index in [9.17, 15) is 9.59 Å². The summed E-state index contributed by atoms with van der Waals surface area (Å²) in [6, 6.07) is 7.32. The van der Waals surface area contributed by atoms with Crippen molar-refractivity contribution in [1.82, 2.24) is 5.32 Å². The number of Topliss-reactive ketones (excluding diaryl/α,β-unsaturated/α-hetero) is 2. The van der Waals surface area contributed by atoms with Crippen LogP contribution in [0.4, 0.5) is 0 Å². The van der Waals surface area contributed by atoms with Crippen LogP contribution in [-0.2, 0) is 9.59 Å². The molecule has 110 valence electrons. The molecule has 0 radical (unpaired) electrons. The molecule has 4 heteroatoms. The molecule has 0 spiro atoms. The third-order valence-corrected chi connectivity index (χ3v) is 3.94. The van der Waals surface area contributed by atoms with Crippen molar-refractivity contribution in [3.8, 4) is 0 Å². The van der Waals surface area contributed by atoms with Gasteiger partial charge in [0.1, 0.15) is 0 Å². The number of nitrogens with one attached hydrogen (secondary N) is 1. The van der Waals surface area contributed by atoms with Gasteiger partial charge in [0, 0.05) is 33.5 Å². The number of dihydropyridines is 1. The molecule has 0 aromatic heterocycles. The summed E-state index contributed by atoms with van der Waals surface area (Å²) in [5.41, 5.74) is 3.67. The number of carbonyl (C=O) groups is 2. The Balaban J connectivity index is 2.70. The Morgan fingerprint density at radius 3 is 2.00 bits per heavy atom. The number of rotatable bonds is 3. The molecular formula is C17H18ClNO2. The minimum atomic E-state index is -0.361. The van der Waals surface area contributed by atoms with Gasteiger partial charge in [0.2, 0.25) is 0 Å². The monoisotopic (exact) mass is 303 g/mol. The van der Waals surface area contributed by atoms with Crippen molar-refractivity contribution in [2.75, 3.05) is 0 Å². The van der Waals surface area contributed by atoms with E-state index in [0.29, 0.717) is 16.2 Å². The Labute approximate surface area is 129 Å². The van der Waals surface area contributed by atoms with E-state index in [1.165, 1.54) is 13.8 Å². The quantitative estimate of drug-likeness (QED) is 0.925. The lowest BCUT2D eigenvalue weighted by Crippen LogP contribution is -2.29. The molecule has 2 rings (SSSR count). The molecule has 0 amide bonds. The van der Waals surface area contributed by atoms with Crippen LogP contribution < -0.4 is 5.32 Å². The molecular weight excluding hydrogens is 286 g/mol. The highest BCUT2D eigenvalue weighted by atomic mass is 35.5. The van der Waals surface area contributed by atoms with Crippen molar-refractivity contribution in [3.05, 3.63) is 57.4 Å². The third kappa shape index (κ3) is 2.93. The Kier molecular flexibility index (Phi) is 4.33. The molecule has 3 nitrogen and oxygen atoms in total. The first kappa shape index (κ1) is 15.5. The predicted molar refractivity (Wildman–Crippen MR) is 84.1 cm³/mol. The van der Waals surface area contributed by atoms with Crippen LogP contribution in [0, 0.1) is 0 Å². The summed E-state index contributed by atoms with van der Waals surface area (Å²) in [4.78, 5) is 24.2. The van der Waals surface area contributed by atoms with E-state index in [1.807, 2.05) is 32.0 Å². The molecule has 1 aliphatic rings. The maximum atomic E-state index is 12.1. The summed E-state index contributed by atoms with van der Waals surface area (Å²) in [6.07, 6.45) is 0. The minimum absolute atomic E-state index is 0.0452. The molecule has 1 heterocycles. The van der Waals surface area contributed by atoms with Crippen molar-refractivity contribution in [2.24, 2.45) is 0 Å². The van der Waals surface area contributed by atoms with Gasteiger partial charge in [-0.1, -0.05) is 23.7 Å². The highest BCUT2D eigenvalue weighted by Gasteiger charge is 2.33. The fourth-order valence-corrected chi connectivity index (χ4v) is 3.15. The van der Waals surface area contributed by atoms with E-state index in [4.69, 9.17) is 11.6 Å². The molecule has 0 bridgehead atoms. The lowest BCUT2D eigenvalue weighted by atomic mass is 9.78. The maximum absolute atomic E-state index is 12.1. The van der Waals surface area contributed by atoms with E-state index in [-0.39, 0.29) is 17.5 Å². The normalized spacial score (nSPS) is 16.0. The molecule has 1 N–H and O–H groups in total. The van der Waals surface area contributed by atoms with Crippen LogP contribution in [0.3, 0.4) is 0 Å². The fraction of sp³-hybridized carbons (Fsp3) is 0.294. The van der Waals surface area contributed by atoms with Gasteiger partial charge in [0.25, 0.3) is 0 Å². The number of ketones is 2. The van der Waals surface area contributed by atoms with E-state index < -0.39 is 0 Å². The smallest absolute Gasteiger partial charge is 0.158 e. The lowest BCUT2D eigenvalue weighted by Gasteiger charge is -2.30. The zero-order valence-corrected chi connectivity index (χ0v) is 13.3. The van der Waals surface area contributed by atoms with Gasteiger partial charge in [0.05, 0.1) is 0 Å². The van der Waals surface area contributed by atoms with Crippen LogP contribution in [0.15, 0.2) is 46.8 Å². The van der Waals surface area contributed by atoms with Gasteiger partial charge in [-0.05, 0) is 45.4 Å².